The molecule has 2 rings (SSSR count). The number of thiazole rings is 1. The zero-order valence-electron chi connectivity index (χ0n) is 10.0. The van der Waals surface area contributed by atoms with Crippen LogP contribution in [0.4, 0.5) is 10.1 Å². The highest BCUT2D eigenvalue weighted by Crippen LogP contribution is 2.34. The van der Waals surface area contributed by atoms with E-state index in [2.05, 4.69) is 34.3 Å². The van der Waals surface area contributed by atoms with Gasteiger partial charge in [-0.2, -0.15) is 4.37 Å². The van der Waals surface area contributed by atoms with Gasteiger partial charge in [0.1, 0.15) is 5.82 Å². The first-order chi connectivity index (χ1) is 9.13. The Bertz CT molecular complexity index is 686. The van der Waals surface area contributed by atoms with Crippen molar-refractivity contribution in [1.29, 1.82) is 0 Å². The van der Waals surface area contributed by atoms with Crippen molar-refractivity contribution in [2.45, 2.75) is 20.0 Å². The van der Waals surface area contributed by atoms with Crippen LogP contribution in [0.2, 0.25) is 0 Å². The van der Waals surface area contributed by atoms with Crippen LogP contribution in [0.25, 0.3) is 9.69 Å². The summed E-state index contributed by atoms with van der Waals surface area (Å²) >= 11 is 2.36. The van der Waals surface area contributed by atoms with E-state index in [1.807, 2.05) is 0 Å². The molecule has 0 spiro atoms. The standard InChI is InChI=1S/C10H7N7S2/c1-5-8(15-16-10-14-6(2)17-19-10)18-9(13-5)7(11-3)12-4/h7H,1-2H3. The van der Waals surface area contributed by atoms with Crippen LogP contribution in [0.1, 0.15) is 22.7 Å². The average molecular weight is 289 g/mol. The van der Waals surface area contributed by atoms with Crippen LogP contribution in [-0.4, -0.2) is 14.3 Å². The molecule has 0 aliphatic rings. The summed E-state index contributed by atoms with van der Waals surface area (Å²) in [5, 5.41) is 9.52. The van der Waals surface area contributed by atoms with Crippen LogP contribution >= 0.6 is 22.9 Å². The Kier molecular flexibility index (Phi) is 3.90. The second-order valence-corrected chi connectivity index (χ2v) is 5.14. The highest BCUT2D eigenvalue weighted by Gasteiger charge is 2.26. The van der Waals surface area contributed by atoms with Crippen molar-refractivity contribution in [3.05, 3.63) is 39.4 Å². The largest absolute Gasteiger partial charge is 0.528 e. The van der Waals surface area contributed by atoms with E-state index in [0.29, 0.717) is 26.7 Å². The third-order valence-corrected chi connectivity index (χ3v) is 3.77. The Morgan fingerprint density at radius 1 is 1.16 bits per heavy atom. The fourth-order valence-electron chi connectivity index (χ4n) is 1.17. The zero-order valence-corrected chi connectivity index (χ0v) is 11.7. The molecular formula is C10H7N7S2. The first-order valence-corrected chi connectivity index (χ1v) is 6.65. The number of azo groups is 1. The van der Waals surface area contributed by atoms with Gasteiger partial charge >= 0.3 is 6.17 Å². The van der Waals surface area contributed by atoms with Crippen LogP contribution in [0.15, 0.2) is 10.2 Å². The second kappa shape index (κ2) is 5.61. The molecule has 0 fully saturated rings. The van der Waals surface area contributed by atoms with Crippen molar-refractivity contribution in [2.75, 3.05) is 0 Å². The van der Waals surface area contributed by atoms with E-state index >= 15 is 0 Å². The summed E-state index contributed by atoms with van der Waals surface area (Å²) in [5.41, 5.74) is 0.655. The molecular weight excluding hydrogens is 282 g/mol. The number of nitrogens with zero attached hydrogens (tertiary/aromatic N) is 7. The molecule has 0 saturated carbocycles. The minimum atomic E-state index is -0.892. The van der Waals surface area contributed by atoms with Crippen molar-refractivity contribution in [3.8, 4) is 0 Å². The van der Waals surface area contributed by atoms with Gasteiger partial charge in [-0.05, 0) is 13.8 Å². The molecule has 0 atom stereocenters. The Balaban J connectivity index is 2.25. The predicted molar refractivity (Wildman–Crippen MR) is 71.6 cm³/mol. The molecule has 0 aliphatic carbocycles. The predicted octanol–water partition coefficient (Wildman–Crippen LogP) is 3.86. The highest BCUT2D eigenvalue weighted by atomic mass is 32.1. The van der Waals surface area contributed by atoms with E-state index in [-0.39, 0.29) is 0 Å². The summed E-state index contributed by atoms with van der Waals surface area (Å²) in [6.07, 6.45) is -0.892. The van der Waals surface area contributed by atoms with E-state index in [1.165, 1.54) is 11.3 Å². The molecule has 2 heterocycles. The molecule has 0 aromatic carbocycles. The number of rotatable bonds is 3. The summed E-state index contributed by atoms with van der Waals surface area (Å²) < 4.78 is 4.00. The minimum Gasteiger partial charge on any atom is -0.229 e. The lowest BCUT2D eigenvalue weighted by atomic mass is 10.5. The van der Waals surface area contributed by atoms with Gasteiger partial charge in [-0.15, -0.1) is 10.2 Å². The SMILES string of the molecule is [C-]#[N+]C([N+]#[C-])c1nc(C)c(N=Nc2nc(C)ns2)s1. The lowest BCUT2D eigenvalue weighted by molar-refractivity contribution is 1.01. The van der Waals surface area contributed by atoms with Gasteiger partial charge in [0.25, 0.3) is 5.01 Å². The van der Waals surface area contributed by atoms with E-state index in [9.17, 15) is 0 Å². The highest BCUT2D eigenvalue weighted by molar-refractivity contribution is 7.15. The number of aryl methyl sites for hydroxylation is 2. The zero-order chi connectivity index (χ0) is 13.8. The second-order valence-electron chi connectivity index (χ2n) is 3.40. The average Bonchev–Trinajstić information content (AvgIpc) is 2.95. The fourth-order valence-corrected chi connectivity index (χ4v) is 2.54. The van der Waals surface area contributed by atoms with E-state index in [4.69, 9.17) is 13.1 Å². The summed E-state index contributed by atoms with van der Waals surface area (Å²) in [5.74, 6) is 0.654. The van der Waals surface area contributed by atoms with Crippen LogP contribution in [0, 0.1) is 27.0 Å². The van der Waals surface area contributed by atoms with Gasteiger partial charge in [0.2, 0.25) is 5.13 Å². The molecule has 0 unspecified atom stereocenters. The van der Waals surface area contributed by atoms with Gasteiger partial charge < -0.3 is 0 Å². The van der Waals surface area contributed by atoms with Crippen molar-refractivity contribution in [1.82, 2.24) is 14.3 Å². The smallest absolute Gasteiger partial charge is 0.229 e. The van der Waals surface area contributed by atoms with Gasteiger partial charge in [0.05, 0.1) is 5.69 Å². The molecule has 0 aliphatic heterocycles. The monoisotopic (exact) mass is 289 g/mol. The lowest BCUT2D eigenvalue weighted by Gasteiger charge is -1.83. The van der Waals surface area contributed by atoms with Crippen molar-refractivity contribution in [2.24, 2.45) is 10.2 Å². The maximum absolute atomic E-state index is 6.92. The maximum Gasteiger partial charge on any atom is 0.528 e. The van der Waals surface area contributed by atoms with Crippen molar-refractivity contribution in [3.63, 3.8) is 0 Å². The first kappa shape index (κ1) is 13.2. The Labute approximate surface area is 117 Å². The number of hydrogen-bond donors (Lipinski definition) is 0. The summed E-state index contributed by atoms with van der Waals surface area (Å²) in [6.45, 7) is 17.4. The quantitative estimate of drug-likeness (QED) is 0.636. The number of aromatic nitrogens is 3. The summed E-state index contributed by atoms with van der Waals surface area (Å²) in [6, 6.07) is 0. The van der Waals surface area contributed by atoms with E-state index in [0.717, 1.165) is 11.5 Å². The summed E-state index contributed by atoms with van der Waals surface area (Å²) in [7, 11) is 0. The van der Waals surface area contributed by atoms with Gasteiger partial charge in [-0.25, -0.2) is 32.8 Å². The molecule has 0 N–H and O–H groups in total. The Hall–Kier alpha value is -2.23. The van der Waals surface area contributed by atoms with Gasteiger partial charge in [0.15, 0.2) is 5.00 Å². The molecule has 7 nitrogen and oxygen atoms in total. The van der Waals surface area contributed by atoms with Crippen LogP contribution in [0.3, 0.4) is 0 Å². The van der Waals surface area contributed by atoms with Gasteiger partial charge in [0, 0.05) is 11.5 Å². The molecule has 0 saturated heterocycles. The molecule has 2 aromatic rings. The summed E-state index contributed by atoms with van der Waals surface area (Å²) in [4.78, 5) is 14.6. The molecule has 2 aromatic heterocycles. The van der Waals surface area contributed by atoms with Crippen LogP contribution < -0.4 is 0 Å². The molecule has 0 amide bonds. The lowest BCUT2D eigenvalue weighted by Crippen LogP contribution is -1.84. The normalized spacial score (nSPS) is 10.8. The molecule has 0 radical (unpaired) electrons. The minimum absolute atomic E-state index is 0.449. The van der Waals surface area contributed by atoms with Crippen LogP contribution in [0.5, 0.6) is 0 Å². The topological polar surface area (TPSA) is 72.1 Å². The van der Waals surface area contributed by atoms with E-state index in [1.54, 1.807) is 13.8 Å². The Morgan fingerprint density at radius 3 is 2.47 bits per heavy atom. The molecule has 0 bridgehead atoms. The molecule has 9 heteroatoms. The Morgan fingerprint density at radius 2 is 1.89 bits per heavy atom. The molecule has 94 valence electrons. The van der Waals surface area contributed by atoms with Crippen molar-refractivity contribution >= 4 is 33.0 Å². The first-order valence-electron chi connectivity index (χ1n) is 5.06. The van der Waals surface area contributed by atoms with Gasteiger partial charge in [-0.1, -0.05) is 11.3 Å². The van der Waals surface area contributed by atoms with E-state index < -0.39 is 6.17 Å². The van der Waals surface area contributed by atoms with Gasteiger partial charge in [-0.3, -0.25) is 0 Å². The van der Waals surface area contributed by atoms with Crippen molar-refractivity contribution < 1.29 is 0 Å². The third-order valence-electron chi connectivity index (χ3n) is 2.00. The number of hydrogen-bond acceptors (Lipinski definition) is 7. The third kappa shape index (κ3) is 2.96. The molecule has 19 heavy (non-hydrogen) atoms. The van der Waals surface area contributed by atoms with Crippen LogP contribution in [-0.2, 0) is 0 Å². The fraction of sp³-hybridized carbons (Fsp3) is 0.300. The maximum atomic E-state index is 6.92.